The van der Waals surface area contributed by atoms with Crippen LogP contribution in [0.1, 0.15) is 19.3 Å². The zero-order valence-corrected chi connectivity index (χ0v) is 17.5. The Morgan fingerprint density at radius 1 is 1.26 bits per heavy atom. The second-order valence-corrected chi connectivity index (χ2v) is 7.85. The van der Waals surface area contributed by atoms with E-state index in [0.29, 0.717) is 18.2 Å². The topological polar surface area (TPSA) is 106 Å². The van der Waals surface area contributed by atoms with Crippen molar-refractivity contribution in [1.29, 1.82) is 0 Å². The van der Waals surface area contributed by atoms with Crippen molar-refractivity contribution in [1.82, 2.24) is 4.72 Å². The smallest absolute Gasteiger partial charge is 0.406 e. The normalized spacial score (nSPS) is 15.6. The second-order valence-electron chi connectivity index (χ2n) is 5.93. The molecule has 1 aliphatic carbocycles. The summed E-state index contributed by atoms with van der Waals surface area (Å²) in [6, 6.07) is 4.91. The quantitative estimate of drug-likeness (QED) is 0.277. The van der Waals surface area contributed by atoms with Crippen molar-refractivity contribution in [2.45, 2.75) is 25.6 Å². The minimum absolute atomic E-state index is 0. The number of aliphatic imine (C=N–C) groups is 1. The molecule has 4 N–H and O–H groups in total. The van der Waals surface area contributed by atoms with Gasteiger partial charge in [-0.25, -0.2) is 13.1 Å². The molecule has 0 radical (unpaired) electrons. The fourth-order valence-electron chi connectivity index (χ4n) is 2.23. The van der Waals surface area contributed by atoms with Crippen LogP contribution in [0.25, 0.3) is 0 Å². The number of nitrogens with two attached hydrogens (primary N) is 1. The Labute approximate surface area is 173 Å². The molecule has 12 heteroatoms. The van der Waals surface area contributed by atoms with E-state index < -0.39 is 16.4 Å². The Morgan fingerprint density at radius 2 is 1.89 bits per heavy atom. The third-order valence-corrected chi connectivity index (χ3v) is 5.15. The number of hydrogen-bond donors (Lipinski definition) is 3. The molecule has 0 aromatic heterocycles. The number of halogens is 4. The minimum Gasteiger partial charge on any atom is -0.406 e. The lowest BCUT2D eigenvalue weighted by molar-refractivity contribution is -0.274. The summed E-state index contributed by atoms with van der Waals surface area (Å²) < 4.78 is 66.2. The van der Waals surface area contributed by atoms with E-state index in [1.54, 1.807) is 0 Å². The standard InChI is InChI=1S/C15H21F3N4O3S.HI/c16-15(17,18)25-13-6-4-12(5-7-13)22-14(19)20-8-9-26(23,24)21-10-11-2-1-3-11;/h4-7,11,21H,1-3,8-10H2,(H3,19,20,22);1H. The molecular formula is C15H22F3IN4O3S. The van der Waals surface area contributed by atoms with Crippen LogP contribution in [-0.2, 0) is 10.0 Å². The number of rotatable bonds is 8. The first kappa shape index (κ1) is 23.8. The van der Waals surface area contributed by atoms with E-state index in [2.05, 4.69) is 19.8 Å². The number of hydrogen-bond acceptors (Lipinski definition) is 4. The van der Waals surface area contributed by atoms with Crippen LogP contribution >= 0.6 is 24.0 Å². The Balaban J connectivity index is 0.00000364. The summed E-state index contributed by atoms with van der Waals surface area (Å²) in [7, 11) is -3.41. The molecule has 0 spiro atoms. The average molecular weight is 522 g/mol. The zero-order valence-electron chi connectivity index (χ0n) is 14.3. The van der Waals surface area contributed by atoms with Gasteiger partial charge >= 0.3 is 6.36 Å². The van der Waals surface area contributed by atoms with Gasteiger partial charge in [-0.1, -0.05) is 6.42 Å². The molecular weight excluding hydrogens is 500 g/mol. The number of guanidine groups is 1. The van der Waals surface area contributed by atoms with Gasteiger partial charge in [-0.3, -0.25) is 4.99 Å². The van der Waals surface area contributed by atoms with Crippen LogP contribution in [0.5, 0.6) is 5.75 Å². The Hall–Kier alpha value is -1.28. The molecule has 0 bridgehead atoms. The maximum atomic E-state index is 12.1. The zero-order chi connectivity index (χ0) is 19.2. The van der Waals surface area contributed by atoms with Crippen molar-refractivity contribution in [3.63, 3.8) is 0 Å². The van der Waals surface area contributed by atoms with Crippen LogP contribution in [0.3, 0.4) is 0 Å². The third kappa shape index (κ3) is 9.46. The van der Waals surface area contributed by atoms with Crippen molar-refractivity contribution in [2.75, 3.05) is 24.2 Å². The van der Waals surface area contributed by atoms with E-state index in [0.717, 1.165) is 31.4 Å². The third-order valence-electron chi connectivity index (χ3n) is 3.82. The van der Waals surface area contributed by atoms with Crippen LogP contribution in [-0.4, -0.2) is 39.6 Å². The molecule has 0 saturated heterocycles. The molecule has 1 aromatic rings. The van der Waals surface area contributed by atoms with Crippen molar-refractivity contribution >= 4 is 45.6 Å². The lowest BCUT2D eigenvalue weighted by Crippen LogP contribution is -2.34. The van der Waals surface area contributed by atoms with Crippen molar-refractivity contribution in [3.8, 4) is 5.75 Å². The number of nitrogens with zero attached hydrogens (tertiary/aromatic N) is 1. The Bertz CT molecular complexity index is 723. The van der Waals surface area contributed by atoms with Crippen LogP contribution in [0.15, 0.2) is 29.3 Å². The minimum atomic E-state index is -4.76. The lowest BCUT2D eigenvalue weighted by atomic mass is 9.86. The summed E-state index contributed by atoms with van der Waals surface area (Å²) in [4.78, 5) is 3.90. The molecule has 1 saturated carbocycles. The van der Waals surface area contributed by atoms with Gasteiger partial charge in [0.1, 0.15) is 5.75 Å². The highest BCUT2D eigenvalue weighted by Crippen LogP contribution is 2.25. The summed E-state index contributed by atoms with van der Waals surface area (Å²) >= 11 is 0. The first-order valence-corrected chi connectivity index (χ1v) is 9.68. The summed E-state index contributed by atoms with van der Waals surface area (Å²) in [5.74, 6) is -0.171. The van der Waals surface area contributed by atoms with Crippen LogP contribution < -0.4 is 20.5 Å². The van der Waals surface area contributed by atoms with Crippen molar-refractivity contribution < 1.29 is 26.3 Å². The summed E-state index contributed by atoms with van der Waals surface area (Å²) in [6.07, 6.45) is -1.52. The van der Waals surface area contributed by atoms with E-state index in [9.17, 15) is 21.6 Å². The SMILES string of the molecule is I.NC(=NCCS(=O)(=O)NCC1CCC1)Nc1ccc(OC(F)(F)F)cc1. The monoisotopic (exact) mass is 522 g/mol. The van der Waals surface area contributed by atoms with E-state index in [1.165, 1.54) is 12.1 Å². The van der Waals surface area contributed by atoms with Gasteiger partial charge < -0.3 is 15.8 Å². The maximum Gasteiger partial charge on any atom is 0.573 e. The summed E-state index contributed by atoms with van der Waals surface area (Å²) in [5, 5.41) is 2.66. The molecule has 0 amide bonds. The lowest BCUT2D eigenvalue weighted by Gasteiger charge is -2.25. The van der Waals surface area contributed by atoms with Crippen LogP contribution in [0.4, 0.5) is 18.9 Å². The number of nitrogens with one attached hydrogen (secondary N) is 2. The fraction of sp³-hybridized carbons (Fsp3) is 0.533. The van der Waals surface area contributed by atoms with E-state index in [-0.39, 0.29) is 48.0 Å². The van der Waals surface area contributed by atoms with Gasteiger partial charge in [0.25, 0.3) is 0 Å². The highest BCUT2D eigenvalue weighted by atomic mass is 127. The predicted molar refractivity (Wildman–Crippen MR) is 108 cm³/mol. The largest absolute Gasteiger partial charge is 0.573 e. The molecule has 1 aromatic carbocycles. The Morgan fingerprint density at radius 3 is 2.41 bits per heavy atom. The van der Waals surface area contributed by atoms with Gasteiger partial charge in [-0.05, 0) is 43.0 Å². The molecule has 154 valence electrons. The number of ether oxygens (including phenoxy) is 1. The van der Waals surface area contributed by atoms with Crippen molar-refractivity contribution in [2.24, 2.45) is 16.6 Å². The maximum absolute atomic E-state index is 12.1. The average Bonchev–Trinajstić information content (AvgIpc) is 2.46. The number of alkyl halides is 3. The molecule has 7 nitrogen and oxygen atoms in total. The van der Waals surface area contributed by atoms with Crippen LogP contribution in [0.2, 0.25) is 0 Å². The first-order chi connectivity index (χ1) is 12.1. The van der Waals surface area contributed by atoms with Gasteiger partial charge in [0.15, 0.2) is 5.96 Å². The van der Waals surface area contributed by atoms with E-state index in [1.807, 2.05) is 0 Å². The van der Waals surface area contributed by atoms with Gasteiger partial charge in [0.05, 0.1) is 12.3 Å². The molecule has 0 heterocycles. The fourth-order valence-corrected chi connectivity index (χ4v) is 3.19. The molecule has 2 rings (SSSR count). The van der Waals surface area contributed by atoms with Gasteiger partial charge in [-0.15, -0.1) is 37.1 Å². The highest BCUT2D eigenvalue weighted by molar-refractivity contribution is 14.0. The predicted octanol–water partition coefficient (Wildman–Crippen LogP) is 2.65. The van der Waals surface area contributed by atoms with E-state index in [4.69, 9.17) is 5.73 Å². The summed E-state index contributed by atoms with van der Waals surface area (Å²) in [6.45, 7) is 0.417. The number of benzene rings is 1. The highest BCUT2D eigenvalue weighted by Gasteiger charge is 2.30. The van der Waals surface area contributed by atoms with Crippen molar-refractivity contribution in [3.05, 3.63) is 24.3 Å². The van der Waals surface area contributed by atoms with Gasteiger partial charge in [0.2, 0.25) is 10.0 Å². The molecule has 0 atom stereocenters. The summed E-state index contributed by atoms with van der Waals surface area (Å²) in [5.41, 5.74) is 6.04. The Kier molecular flexibility index (Phi) is 9.08. The first-order valence-electron chi connectivity index (χ1n) is 8.03. The number of anilines is 1. The molecule has 0 unspecified atom stereocenters. The number of sulfonamides is 1. The molecule has 1 fully saturated rings. The van der Waals surface area contributed by atoms with Gasteiger partial charge in [0, 0.05) is 12.2 Å². The van der Waals surface area contributed by atoms with E-state index >= 15 is 0 Å². The van der Waals surface area contributed by atoms with Crippen LogP contribution in [0, 0.1) is 5.92 Å². The molecule has 0 aliphatic heterocycles. The molecule has 27 heavy (non-hydrogen) atoms. The molecule has 1 aliphatic rings. The van der Waals surface area contributed by atoms with Gasteiger partial charge in [-0.2, -0.15) is 0 Å². The second kappa shape index (κ2) is 10.3.